The van der Waals surface area contributed by atoms with E-state index in [0.717, 1.165) is 16.3 Å². The largest absolute Gasteiger partial charge is 0.493 e. The van der Waals surface area contributed by atoms with Crippen molar-refractivity contribution in [3.63, 3.8) is 0 Å². The Kier molecular flexibility index (Phi) is 5.29. The van der Waals surface area contributed by atoms with E-state index >= 15 is 0 Å². The molecular formula is C22H20FN3O3. The third kappa shape index (κ3) is 3.71. The molecule has 0 spiro atoms. The summed E-state index contributed by atoms with van der Waals surface area (Å²) in [5.41, 5.74) is 1.18. The van der Waals surface area contributed by atoms with Crippen LogP contribution in [0, 0.1) is 0 Å². The van der Waals surface area contributed by atoms with Gasteiger partial charge in [0.2, 0.25) is 0 Å². The van der Waals surface area contributed by atoms with E-state index < -0.39 is 6.67 Å². The predicted octanol–water partition coefficient (Wildman–Crippen LogP) is 4.72. The standard InChI is InChI=1S/C22H20FN3O3/c1-2-28-19-10-7-14-5-3-4-6-16(14)20(19)22(27)24-21-17-13-15(29-12-11-23)8-9-18(17)25-26-21/h3-10,13H,2,11-12H2,1H3,(H2,24,25,26,27). The lowest BCUT2D eigenvalue weighted by atomic mass is 10.0. The molecular weight excluding hydrogens is 373 g/mol. The first-order chi connectivity index (χ1) is 14.2. The Morgan fingerprint density at radius 1 is 1.10 bits per heavy atom. The number of carbonyl (C=O) groups is 1. The Bertz CT molecular complexity index is 1170. The van der Waals surface area contributed by atoms with Crippen molar-refractivity contribution in [3.8, 4) is 11.5 Å². The zero-order valence-corrected chi connectivity index (χ0v) is 15.9. The summed E-state index contributed by atoms with van der Waals surface area (Å²) >= 11 is 0. The average Bonchev–Trinajstić information content (AvgIpc) is 3.14. The predicted molar refractivity (Wildman–Crippen MR) is 111 cm³/mol. The number of nitrogens with zero attached hydrogens (tertiary/aromatic N) is 1. The van der Waals surface area contributed by atoms with Crippen LogP contribution >= 0.6 is 0 Å². The van der Waals surface area contributed by atoms with Crippen molar-refractivity contribution in [1.29, 1.82) is 0 Å². The summed E-state index contributed by atoms with van der Waals surface area (Å²) in [6.07, 6.45) is 0. The molecule has 1 amide bonds. The highest BCUT2D eigenvalue weighted by Gasteiger charge is 2.19. The van der Waals surface area contributed by atoms with Gasteiger partial charge in [0.1, 0.15) is 24.8 Å². The highest BCUT2D eigenvalue weighted by molar-refractivity contribution is 6.16. The van der Waals surface area contributed by atoms with Crippen molar-refractivity contribution in [2.75, 3.05) is 25.2 Å². The topological polar surface area (TPSA) is 76.2 Å². The summed E-state index contributed by atoms with van der Waals surface area (Å²) in [5, 5.41) is 12.4. The third-order valence-corrected chi connectivity index (χ3v) is 4.53. The number of carbonyl (C=O) groups excluding carboxylic acids is 1. The molecule has 0 aliphatic heterocycles. The second-order valence-electron chi connectivity index (χ2n) is 6.36. The second kappa shape index (κ2) is 8.18. The molecule has 0 aliphatic rings. The first-order valence-corrected chi connectivity index (χ1v) is 9.34. The van der Waals surface area contributed by atoms with Crippen molar-refractivity contribution >= 4 is 33.4 Å². The molecule has 4 rings (SSSR count). The van der Waals surface area contributed by atoms with Crippen LogP contribution < -0.4 is 14.8 Å². The van der Waals surface area contributed by atoms with Gasteiger partial charge in [-0.05, 0) is 42.0 Å². The fraction of sp³-hybridized carbons (Fsp3) is 0.182. The molecule has 1 aromatic heterocycles. The Morgan fingerprint density at radius 2 is 1.97 bits per heavy atom. The Balaban J connectivity index is 1.72. The lowest BCUT2D eigenvalue weighted by Crippen LogP contribution is -2.15. The minimum atomic E-state index is -0.575. The lowest BCUT2D eigenvalue weighted by Gasteiger charge is -2.13. The zero-order chi connectivity index (χ0) is 20.2. The molecule has 0 saturated heterocycles. The summed E-state index contributed by atoms with van der Waals surface area (Å²) < 4.78 is 23.4. The summed E-state index contributed by atoms with van der Waals surface area (Å²) in [5.74, 6) is 1.06. The molecule has 0 saturated carbocycles. The Labute approximate surface area is 166 Å². The van der Waals surface area contributed by atoms with Crippen molar-refractivity contribution < 1.29 is 18.7 Å². The summed E-state index contributed by atoms with van der Waals surface area (Å²) in [4.78, 5) is 13.2. The highest BCUT2D eigenvalue weighted by atomic mass is 19.1. The van der Waals surface area contributed by atoms with Crippen LogP contribution in [0.3, 0.4) is 0 Å². The molecule has 2 N–H and O–H groups in total. The van der Waals surface area contributed by atoms with Crippen LogP contribution in [0.2, 0.25) is 0 Å². The number of H-pyrrole nitrogens is 1. The molecule has 1 heterocycles. The number of aromatic amines is 1. The quantitative estimate of drug-likeness (QED) is 0.477. The molecule has 6 nitrogen and oxygen atoms in total. The molecule has 0 radical (unpaired) electrons. The summed E-state index contributed by atoms with van der Waals surface area (Å²) in [7, 11) is 0. The van der Waals surface area contributed by atoms with Crippen LogP contribution in [0.15, 0.2) is 54.6 Å². The fourth-order valence-corrected chi connectivity index (χ4v) is 3.27. The van der Waals surface area contributed by atoms with Gasteiger partial charge in [-0.25, -0.2) is 4.39 Å². The number of hydrogen-bond acceptors (Lipinski definition) is 4. The van der Waals surface area contributed by atoms with Gasteiger partial charge < -0.3 is 14.8 Å². The molecule has 7 heteroatoms. The number of benzene rings is 3. The molecule has 4 aromatic rings. The van der Waals surface area contributed by atoms with E-state index in [1.165, 1.54) is 0 Å². The van der Waals surface area contributed by atoms with Gasteiger partial charge in [-0.3, -0.25) is 9.89 Å². The van der Waals surface area contributed by atoms with E-state index in [4.69, 9.17) is 9.47 Å². The maximum atomic E-state index is 13.2. The van der Waals surface area contributed by atoms with Crippen LogP contribution in [-0.2, 0) is 0 Å². The molecule has 0 aliphatic carbocycles. The van der Waals surface area contributed by atoms with Gasteiger partial charge in [0.05, 0.1) is 17.7 Å². The van der Waals surface area contributed by atoms with E-state index in [9.17, 15) is 9.18 Å². The summed E-state index contributed by atoms with van der Waals surface area (Å²) in [6, 6.07) is 16.6. The molecule has 0 atom stereocenters. The number of anilines is 1. The Hall–Kier alpha value is -3.61. The fourth-order valence-electron chi connectivity index (χ4n) is 3.27. The van der Waals surface area contributed by atoms with E-state index in [0.29, 0.717) is 34.9 Å². The van der Waals surface area contributed by atoms with Gasteiger partial charge in [0.25, 0.3) is 5.91 Å². The number of halogens is 1. The average molecular weight is 393 g/mol. The number of alkyl halides is 1. The number of amides is 1. The van der Waals surface area contributed by atoms with Gasteiger partial charge in [-0.15, -0.1) is 0 Å². The SMILES string of the molecule is CCOc1ccc2ccccc2c1C(=O)Nc1n[nH]c2ccc(OCCF)cc12. The van der Waals surface area contributed by atoms with Crippen molar-refractivity contribution in [1.82, 2.24) is 10.2 Å². The van der Waals surface area contributed by atoms with Crippen molar-refractivity contribution in [2.45, 2.75) is 6.92 Å². The minimum absolute atomic E-state index is 0.0290. The van der Waals surface area contributed by atoms with E-state index in [2.05, 4.69) is 15.5 Å². The first kappa shape index (κ1) is 18.7. The number of ether oxygens (including phenoxy) is 2. The van der Waals surface area contributed by atoms with E-state index in [-0.39, 0.29) is 12.5 Å². The van der Waals surface area contributed by atoms with Crippen LogP contribution in [0.1, 0.15) is 17.3 Å². The van der Waals surface area contributed by atoms with E-state index in [1.807, 2.05) is 37.3 Å². The molecule has 3 aromatic carbocycles. The zero-order valence-electron chi connectivity index (χ0n) is 15.9. The van der Waals surface area contributed by atoms with Crippen LogP contribution in [0.5, 0.6) is 11.5 Å². The van der Waals surface area contributed by atoms with E-state index in [1.54, 1.807) is 24.3 Å². The molecule has 0 fully saturated rings. The third-order valence-electron chi connectivity index (χ3n) is 4.53. The molecule has 29 heavy (non-hydrogen) atoms. The van der Waals surface area contributed by atoms with Gasteiger partial charge in [-0.1, -0.05) is 30.3 Å². The first-order valence-electron chi connectivity index (χ1n) is 9.34. The van der Waals surface area contributed by atoms with Crippen LogP contribution in [0.25, 0.3) is 21.7 Å². The van der Waals surface area contributed by atoms with Crippen molar-refractivity contribution in [3.05, 3.63) is 60.2 Å². The monoisotopic (exact) mass is 393 g/mol. The molecule has 0 bridgehead atoms. The smallest absolute Gasteiger partial charge is 0.261 e. The molecule has 148 valence electrons. The minimum Gasteiger partial charge on any atom is -0.493 e. The van der Waals surface area contributed by atoms with Gasteiger partial charge in [0, 0.05) is 5.39 Å². The lowest BCUT2D eigenvalue weighted by molar-refractivity contribution is 0.102. The van der Waals surface area contributed by atoms with Gasteiger partial charge in [-0.2, -0.15) is 5.10 Å². The highest BCUT2D eigenvalue weighted by Crippen LogP contribution is 2.31. The number of hydrogen-bond donors (Lipinski definition) is 2. The van der Waals surface area contributed by atoms with Crippen LogP contribution in [0.4, 0.5) is 10.2 Å². The number of rotatable bonds is 7. The second-order valence-corrected chi connectivity index (χ2v) is 6.36. The van der Waals surface area contributed by atoms with Crippen molar-refractivity contribution in [2.24, 2.45) is 0 Å². The van der Waals surface area contributed by atoms with Gasteiger partial charge in [0.15, 0.2) is 5.82 Å². The van der Waals surface area contributed by atoms with Crippen LogP contribution in [-0.4, -0.2) is 36.0 Å². The number of nitrogens with one attached hydrogen (secondary N) is 2. The number of aromatic nitrogens is 2. The molecule has 0 unspecified atom stereocenters. The summed E-state index contributed by atoms with van der Waals surface area (Å²) in [6.45, 7) is 1.71. The Morgan fingerprint density at radius 3 is 2.79 bits per heavy atom. The maximum absolute atomic E-state index is 13.2. The normalized spacial score (nSPS) is 11.0. The maximum Gasteiger partial charge on any atom is 0.261 e. The van der Waals surface area contributed by atoms with Gasteiger partial charge >= 0.3 is 0 Å². The number of fused-ring (bicyclic) bond motifs is 2.